The smallest absolute Gasteiger partial charge is 0.320 e. The van der Waals surface area contributed by atoms with Gasteiger partial charge in [-0.1, -0.05) is 37.3 Å². The predicted molar refractivity (Wildman–Crippen MR) is 113 cm³/mol. The maximum atomic E-state index is 13.6. The van der Waals surface area contributed by atoms with E-state index in [-0.39, 0.29) is 36.7 Å². The summed E-state index contributed by atoms with van der Waals surface area (Å²) in [6.45, 7) is 3.32. The van der Waals surface area contributed by atoms with Crippen molar-refractivity contribution in [2.75, 3.05) is 13.7 Å². The average molecular weight is 426 g/mol. The third-order valence-corrected chi connectivity index (χ3v) is 8.28. The number of ketones is 1. The van der Waals surface area contributed by atoms with E-state index < -0.39 is 17.9 Å². The molecule has 6 nitrogen and oxygen atoms in total. The number of piperidine rings is 2. The lowest BCUT2D eigenvalue weighted by atomic mass is 9.69. The van der Waals surface area contributed by atoms with Crippen LogP contribution < -0.4 is 0 Å². The topological polar surface area (TPSA) is 72.9 Å². The van der Waals surface area contributed by atoms with Gasteiger partial charge in [0, 0.05) is 18.5 Å². The predicted octanol–water partition coefficient (Wildman–Crippen LogP) is 2.84. The molecule has 0 radical (unpaired) electrons. The summed E-state index contributed by atoms with van der Waals surface area (Å²) in [4.78, 5) is 41.4. The molecular formula is C25H31NO5. The van der Waals surface area contributed by atoms with E-state index >= 15 is 0 Å². The molecule has 166 valence electrons. The Balaban J connectivity index is 1.31. The molecule has 1 saturated carbocycles. The zero-order valence-electron chi connectivity index (χ0n) is 18.2. The number of Topliss-reactive ketones (excluding diaryl/α,β-unsaturated/α-hetero) is 1. The summed E-state index contributed by atoms with van der Waals surface area (Å²) in [5.41, 5.74) is 0.860. The molecule has 0 aromatic heterocycles. The van der Waals surface area contributed by atoms with Gasteiger partial charge in [0.25, 0.3) is 0 Å². The number of carbonyl (C=O) groups excluding carboxylic acids is 3. The van der Waals surface area contributed by atoms with Crippen LogP contribution in [0.4, 0.5) is 0 Å². The maximum absolute atomic E-state index is 13.6. The average Bonchev–Trinajstić information content (AvgIpc) is 2.91. The van der Waals surface area contributed by atoms with Gasteiger partial charge in [-0.25, -0.2) is 0 Å². The van der Waals surface area contributed by atoms with Crippen LogP contribution in [0.2, 0.25) is 0 Å². The van der Waals surface area contributed by atoms with Crippen LogP contribution in [0.15, 0.2) is 30.3 Å². The van der Waals surface area contributed by atoms with Crippen molar-refractivity contribution in [3.63, 3.8) is 0 Å². The van der Waals surface area contributed by atoms with Gasteiger partial charge in [0.15, 0.2) is 11.7 Å². The zero-order valence-corrected chi connectivity index (χ0v) is 18.2. The fourth-order valence-electron chi connectivity index (χ4n) is 7.02. The Kier molecular flexibility index (Phi) is 5.37. The standard InChI is InChI=1S/C25H31NO5/c1-14-8-19-18-10-16-12-26(21(18)9-14)22(19)23(27)17(16)11-20(24(28)30-2)25(29)31-13-15-6-4-3-5-7-15/h3-7,14,16-22H,8-13H2,1-2H3/t14-,16-,17?,18-,19-,20?,21+,22-/m1/s1. The van der Waals surface area contributed by atoms with E-state index in [1.54, 1.807) is 0 Å². The number of nitrogens with zero attached hydrogens (tertiary/aromatic N) is 1. The molecule has 0 N–H and O–H groups in total. The van der Waals surface area contributed by atoms with E-state index in [1.165, 1.54) is 13.5 Å². The third kappa shape index (κ3) is 3.49. The molecule has 1 aromatic carbocycles. The maximum Gasteiger partial charge on any atom is 0.320 e. The van der Waals surface area contributed by atoms with Gasteiger partial charge in [0.05, 0.1) is 13.2 Å². The van der Waals surface area contributed by atoms with Gasteiger partial charge in [0.1, 0.15) is 6.61 Å². The van der Waals surface area contributed by atoms with E-state index in [9.17, 15) is 14.4 Å². The van der Waals surface area contributed by atoms with Crippen molar-refractivity contribution < 1.29 is 23.9 Å². The SMILES string of the molecule is COC(=O)C(CC1C(=O)[C@H]2[C@@H]3C[C@@H](C)C[C@H]4[C@@H]3C[C@@H]1CN42)C(=O)OCc1ccccc1. The van der Waals surface area contributed by atoms with Crippen LogP contribution in [0.3, 0.4) is 0 Å². The highest BCUT2D eigenvalue weighted by Crippen LogP contribution is 2.57. The Morgan fingerprint density at radius 1 is 1.10 bits per heavy atom. The molecule has 0 amide bonds. The van der Waals surface area contributed by atoms with Crippen molar-refractivity contribution in [2.24, 2.45) is 35.5 Å². The molecule has 6 heteroatoms. The summed E-state index contributed by atoms with van der Waals surface area (Å²) < 4.78 is 10.4. The Labute approximate surface area is 183 Å². The van der Waals surface area contributed by atoms with Gasteiger partial charge in [0.2, 0.25) is 0 Å². The van der Waals surface area contributed by atoms with Crippen LogP contribution >= 0.6 is 0 Å². The van der Waals surface area contributed by atoms with E-state index in [4.69, 9.17) is 9.47 Å². The number of methoxy groups -OCH3 is 1. The number of esters is 2. The van der Waals surface area contributed by atoms with Crippen LogP contribution in [-0.2, 0) is 30.5 Å². The summed E-state index contributed by atoms with van der Waals surface area (Å²) in [7, 11) is 1.28. The quantitative estimate of drug-likeness (QED) is 0.516. The van der Waals surface area contributed by atoms with Crippen molar-refractivity contribution in [1.29, 1.82) is 0 Å². The fraction of sp³-hybridized carbons (Fsp3) is 0.640. The van der Waals surface area contributed by atoms with Crippen molar-refractivity contribution in [3.8, 4) is 0 Å². The number of hydrogen-bond acceptors (Lipinski definition) is 6. The minimum atomic E-state index is -1.05. The molecule has 5 rings (SSSR count). The van der Waals surface area contributed by atoms with Gasteiger partial charge in [-0.05, 0) is 54.9 Å². The summed E-state index contributed by atoms with van der Waals surface area (Å²) in [6.07, 6.45) is 3.55. The molecule has 4 aliphatic rings. The van der Waals surface area contributed by atoms with Crippen molar-refractivity contribution in [1.82, 2.24) is 4.90 Å². The Bertz CT molecular complexity index is 870. The molecule has 1 aliphatic carbocycles. The molecule has 9 atom stereocenters. The van der Waals surface area contributed by atoms with Crippen LogP contribution in [0.1, 0.15) is 38.2 Å². The number of fused-ring (bicyclic) bond motifs is 2. The highest BCUT2D eigenvalue weighted by atomic mass is 16.5. The number of hydrogen-bond donors (Lipinski definition) is 0. The number of ether oxygens (including phenoxy) is 2. The highest BCUT2D eigenvalue weighted by Gasteiger charge is 2.63. The van der Waals surface area contributed by atoms with Gasteiger partial charge >= 0.3 is 11.9 Å². The Morgan fingerprint density at radius 2 is 1.87 bits per heavy atom. The van der Waals surface area contributed by atoms with Gasteiger partial charge < -0.3 is 9.47 Å². The first-order valence-electron chi connectivity index (χ1n) is 11.6. The molecule has 3 heterocycles. The highest BCUT2D eigenvalue weighted by molar-refractivity contribution is 5.96. The Morgan fingerprint density at radius 3 is 2.61 bits per heavy atom. The first kappa shape index (κ1) is 20.7. The summed E-state index contributed by atoms with van der Waals surface area (Å²) in [6, 6.07) is 9.90. The first-order chi connectivity index (χ1) is 15.0. The van der Waals surface area contributed by atoms with Crippen molar-refractivity contribution in [2.45, 2.75) is 51.3 Å². The van der Waals surface area contributed by atoms with E-state index in [0.717, 1.165) is 24.9 Å². The lowest BCUT2D eigenvalue weighted by Gasteiger charge is -2.47. The fourth-order valence-corrected chi connectivity index (χ4v) is 7.02. The van der Waals surface area contributed by atoms with Gasteiger partial charge in [-0.2, -0.15) is 0 Å². The van der Waals surface area contributed by atoms with Gasteiger partial charge in [-0.3, -0.25) is 19.3 Å². The molecule has 0 spiro atoms. The molecule has 3 saturated heterocycles. The molecule has 31 heavy (non-hydrogen) atoms. The van der Waals surface area contributed by atoms with Crippen LogP contribution in [0, 0.1) is 35.5 Å². The van der Waals surface area contributed by atoms with Crippen molar-refractivity contribution >= 4 is 17.7 Å². The van der Waals surface area contributed by atoms with Crippen molar-refractivity contribution in [3.05, 3.63) is 35.9 Å². The normalized spacial score (nSPS) is 38.6. The summed E-state index contributed by atoms with van der Waals surface area (Å²) in [5.74, 6) is -0.361. The Hall–Kier alpha value is -2.21. The minimum Gasteiger partial charge on any atom is -0.468 e. The monoisotopic (exact) mass is 425 g/mol. The lowest BCUT2D eigenvalue weighted by molar-refractivity contribution is -0.163. The summed E-state index contributed by atoms with van der Waals surface area (Å²) in [5, 5.41) is 0. The first-order valence-corrected chi connectivity index (χ1v) is 11.6. The van der Waals surface area contributed by atoms with Crippen LogP contribution in [0.25, 0.3) is 0 Å². The zero-order chi connectivity index (χ0) is 21.7. The molecular weight excluding hydrogens is 394 g/mol. The lowest BCUT2D eigenvalue weighted by Crippen LogP contribution is -2.56. The van der Waals surface area contributed by atoms with Gasteiger partial charge in [-0.15, -0.1) is 0 Å². The second-order valence-corrected chi connectivity index (χ2v) is 10.0. The van der Waals surface area contributed by atoms with Crippen LogP contribution in [-0.4, -0.2) is 48.4 Å². The number of rotatable bonds is 6. The van der Waals surface area contributed by atoms with E-state index in [2.05, 4.69) is 11.8 Å². The second kappa shape index (κ2) is 8.05. The third-order valence-electron chi connectivity index (χ3n) is 8.28. The summed E-state index contributed by atoms with van der Waals surface area (Å²) >= 11 is 0. The number of benzene rings is 1. The molecule has 4 fully saturated rings. The van der Waals surface area contributed by atoms with Crippen LogP contribution in [0.5, 0.6) is 0 Å². The molecule has 1 aromatic rings. The largest absolute Gasteiger partial charge is 0.468 e. The molecule has 5 bridgehead atoms. The number of carbonyl (C=O) groups is 3. The molecule has 3 aliphatic heterocycles. The van der Waals surface area contributed by atoms with E-state index in [1.807, 2.05) is 30.3 Å². The second-order valence-electron chi connectivity index (χ2n) is 10.0. The van der Waals surface area contributed by atoms with E-state index in [0.29, 0.717) is 23.8 Å². The minimum absolute atomic E-state index is 0.0256. The molecule has 3 unspecified atom stereocenters.